The monoisotopic (exact) mass is 455 g/mol. The van der Waals surface area contributed by atoms with Gasteiger partial charge in [-0.2, -0.15) is 8.42 Å². The molecule has 1 amide bonds. The number of nitrogens with zero attached hydrogens (tertiary/aromatic N) is 2. The molecule has 1 aromatic rings. The van der Waals surface area contributed by atoms with Crippen LogP contribution in [0.3, 0.4) is 0 Å². The van der Waals surface area contributed by atoms with Crippen molar-refractivity contribution in [3.05, 3.63) is 29.8 Å². The zero-order valence-electron chi connectivity index (χ0n) is 18.6. The summed E-state index contributed by atoms with van der Waals surface area (Å²) in [6.45, 7) is 2.13. The lowest BCUT2D eigenvalue weighted by molar-refractivity contribution is -0.126. The number of sulfonamides is 1. The number of rotatable bonds is 4. The molecule has 0 unspecified atom stereocenters. The second-order valence-electron chi connectivity index (χ2n) is 11.1. The minimum atomic E-state index is -3.60. The summed E-state index contributed by atoms with van der Waals surface area (Å²) >= 11 is 0. The quantitative estimate of drug-likeness (QED) is 0.753. The summed E-state index contributed by atoms with van der Waals surface area (Å²) in [7, 11) is -3.60. The van der Waals surface area contributed by atoms with E-state index in [2.05, 4.69) is 9.71 Å². The Labute approximate surface area is 190 Å². The van der Waals surface area contributed by atoms with Gasteiger partial charge in [0.05, 0.1) is 0 Å². The molecule has 7 rings (SSSR count). The van der Waals surface area contributed by atoms with Crippen molar-refractivity contribution in [2.24, 2.45) is 33.5 Å². The summed E-state index contributed by atoms with van der Waals surface area (Å²) in [6.07, 6.45) is 11.2. The van der Waals surface area contributed by atoms with E-state index < -0.39 is 10.0 Å². The van der Waals surface area contributed by atoms with Crippen molar-refractivity contribution < 1.29 is 13.2 Å². The van der Waals surface area contributed by atoms with Crippen LogP contribution in [0.4, 0.5) is 0 Å². The van der Waals surface area contributed by atoms with Gasteiger partial charge in [-0.15, -0.1) is 4.40 Å². The van der Waals surface area contributed by atoms with Crippen LogP contribution in [0, 0.1) is 29.1 Å². The number of amidine groups is 1. The molecule has 2 heterocycles. The molecule has 4 bridgehead atoms. The van der Waals surface area contributed by atoms with E-state index in [1.165, 1.54) is 38.5 Å². The Morgan fingerprint density at radius 1 is 1.03 bits per heavy atom. The molecule has 1 saturated heterocycles. The molecule has 4 saturated carbocycles. The van der Waals surface area contributed by atoms with Crippen molar-refractivity contribution in [3.8, 4) is 0 Å². The van der Waals surface area contributed by atoms with E-state index in [4.69, 9.17) is 0 Å². The first kappa shape index (κ1) is 20.7. The molecule has 0 aromatic heterocycles. The first-order valence-corrected chi connectivity index (χ1v) is 13.8. The molecule has 1 aromatic carbocycles. The summed E-state index contributed by atoms with van der Waals surface area (Å²) in [6, 6.07) is 7.02. The number of piperidine rings is 1. The van der Waals surface area contributed by atoms with Crippen LogP contribution in [0.15, 0.2) is 33.6 Å². The Hall–Kier alpha value is -1.89. The third-order valence-corrected chi connectivity index (χ3v) is 10.2. The molecule has 6 nitrogen and oxygen atoms in total. The van der Waals surface area contributed by atoms with Crippen LogP contribution in [-0.2, 0) is 14.8 Å². The van der Waals surface area contributed by atoms with Gasteiger partial charge in [0, 0.05) is 31.1 Å². The zero-order valence-corrected chi connectivity index (χ0v) is 19.4. The summed E-state index contributed by atoms with van der Waals surface area (Å²) in [4.78, 5) is 15.2. The van der Waals surface area contributed by atoms with Crippen molar-refractivity contribution in [1.82, 2.24) is 10.2 Å². The van der Waals surface area contributed by atoms with Crippen LogP contribution in [0.25, 0.3) is 0 Å². The highest BCUT2D eigenvalue weighted by atomic mass is 32.2. The van der Waals surface area contributed by atoms with Crippen molar-refractivity contribution in [2.75, 3.05) is 19.6 Å². The third-order valence-electron chi connectivity index (χ3n) is 8.90. The fourth-order valence-corrected chi connectivity index (χ4v) is 9.09. The van der Waals surface area contributed by atoms with Gasteiger partial charge in [0.2, 0.25) is 5.91 Å². The molecule has 0 radical (unpaired) electrons. The minimum absolute atomic E-state index is 0.0106. The Bertz CT molecular complexity index is 1020. The molecule has 5 fully saturated rings. The Morgan fingerprint density at radius 2 is 1.66 bits per heavy atom. The predicted octanol–water partition coefficient (Wildman–Crippen LogP) is 3.57. The van der Waals surface area contributed by atoms with E-state index in [9.17, 15) is 13.2 Å². The van der Waals surface area contributed by atoms with E-state index >= 15 is 0 Å². The smallest absolute Gasteiger partial charge is 0.285 e. The van der Waals surface area contributed by atoms with E-state index in [1.54, 1.807) is 12.1 Å². The first-order valence-electron chi connectivity index (χ1n) is 12.4. The molecule has 2 aliphatic heterocycles. The number of hydrogen-bond acceptors (Lipinski definition) is 4. The molecule has 6 aliphatic rings. The number of hydrogen-bond donors (Lipinski definition) is 1. The maximum Gasteiger partial charge on any atom is 0.285 e. The molecule has 4 aliphatic carbocycles. The van der Waals surface area contributed by atoms with Gasteiger partial charge in [0.1, 0.15) is 4.90 Å². The number of fused-ring (bicyclic) bond motifs is 1. The van der Waals surface area contributed by atoms with Crippen LogP contribution in [-0.4, -0.2) is 44.7 Å². The van der Waals surface area contributed by atoms with E-state index in [0.717, 1.165) is 43.6 Å². The summed E-state index contributed by atoms with van der Waals surface area (Å²) in [5.41, 5.74) is 1.19. The Morgan fingerprint density at radius 3 is 2.31 bits per heavy atom. The zero-order chi connectivity index (χ0) is 21.9. The van der Waals surface area contributed by atoms with Gasteiger partial charge in [-0.05, 0) is 93.1 Å². The lowest BCUT2D eigenvalue weighted by atomic mass is 9.49. The number of benzene rings is 1. The van der Waals surface area contributed by atoms with Crippen LogP contribution < -0.4 is 5.32 Å². The standard InChI is InChI=1S/C25H33N3O3S/c29-24(26-8-7-25-14-17-11-18(15-25)13-19(12-17)16-25)20-5-9-28(10-6-20)23-21-3-1-2-4-22(21)32(30,31)27-23/h1-4,17-20H,5-16H2,(H,26,29). The van der Waals surface area contributed by atoms with Crippen LogP contribution in [0.5, 0.6) is 0 Å². The third kappa shape index (κ3) is 3.57. The maximum absolute atomic E-state index is 12.9. The highest BCUT2D eigenvalue weighted by molar-refractivity contribution is 7.90. The second kappa shape index (κ2) is 7.57. The number of likely N-dealkylation sites (tertiary alicyclic amines) is 1. The second-order valence-corrected chi connectivity index (χ2v) is 12.7. The van der Waals surface area contributed by atoms with Gasteiger partial charge < -0.3 is 10.2 Å². The molecule has 0 spiro atoms. The van der Waals surface area contributed by atoms with Gasteiger partial charge in [-0.1, -0.05) is 12.1 Å². The van der Waals surface area contributed by atoms with Crippen LogP contribution >= 0.6 is 0 Å². The van der Waals surface area contributed by atoms with Crippen molar-refractivity contribution >= 4 is 21.8 Å². The van der Waals surface area contributed by atoms with Gasteiger partial charge in [-0.3, -0.25) is 4.79 Å². The molecular formula is C25H33N3O3S. The van der Waals surface area contributed by atoms with Crippen LogP contribution in [0.1, 0.15) is 63.4 Å². The van der Waals surface area contributed by atoms with Gasteiger partial charge >= 0.3 is 0 Å². The molecule has 7 heteroatoms. The largest absolute Gasteiger partial charge is 0.356 e. The summed E-state index contributed by atoms with van der Waals surface area (Å²) in [5, 5.41) is 3.26. The van der Waals surface area contributed by atoms with Crippen LogP contribution in [0.2, 0.25) is 0 Å². The highest BCUT2D eigenvalue weighted by Crippen LogP contribution is 2.61. The maximum atomic E-state index is 12.9. The predicted molar refractivity (Wildman–Crippen MR) is 123 cm³/mol. The van der Waals surface area contributed by atoms with Gasteiger partial charge in [0.25, 0.3) is 10.0 Å². The van der Waals surface area contributed by atoms with E-state index in [0.29, 0.717) is 34.8 Å². The average molecular weight is 456 g/mol. The molecule has 0 atom stereocenters. The van der Waals surface area contributed by atoms with Crippen molar-refractivity contribution in [1.29, 1.82) is 0 Å². The van der Waals surface area contributed by atoms with Gasteiger partial charge in [0.15, 0.2) is 5.84 Å². The van der Waals surface area contributed by atoms with E-state index in [1.807, 2.05) is 17.0 Å². The SMILES string of the molecule is O=C(NCCC12CC3CC(CC(C3)C1)C2)C1CCN(C2=NS(=O)(=O)c3ccccc32)CC1. The Balaban J connectivity index is 1.02. The number of carbonyl (C=O) groups is 1. The van der Waals surface area contributed by atoms with Crippen molar-refractivity contribution in [3.63, 3.8) is 0 Å². The molecule has 32 heavy (non-hydrogen) atoms. The molecule has 1 N–H and O–H groups in total. The number of nitrogens with one attached hydrogen (secondary N) is 1. The normalized spacial score (nSPS) is 34.9. The fourth-order valence-electron chi connectivity index (χ4n) is 7.86. The molecule has 172 valence electrons. The summed E-state index contributed by atoms with van der Waals surface area (Å²) in [5.74, 6) is 3.59. The van der Waals surface area contributed by atoms with Crippen molar-refractivity contribution in [2.45, 2.75) is 62.7 Å². The summed E-state index contributed by atoms with van der Waals surface area (Å²) < 4.78 is 28.7. The number of amides is 1. The highest BCUT2D eigenvalue weighted by Gasteiger charge is 2.50. The fraction of sp³-hybridized carbons (Fsp3) is 0.680. The first-order chi connectivity index (χ1) is 15.4. The lowest BCUT2D eigenvalue weighted by Crippen LogP contribution is -2.48. The van der Waals surface area contributed by atoms with E-state index in [-0.39, 0.29) is 11.8 Å². The lowest BCUT2D eigenvalue weighted by Gasteiger charge is -2.57. The minimum Gasteiger partial charge on any atom is -0.356 e. The molecular weight excluding hydrogens is 422 g/mol. The van der Waals surface area contributed by atoms with Gasteiger partial charge in [-0.25, -0.2) is 0 Å². The Kier molecular flexibility index (Phi) is 4.90. The topological polar surface area (TPSA) is 78.8 Å². The number of carbonyl (C=O) groups excluding carboxylic acids is 1. The average Bonchev–Trinajstić information content (AvgIpc) is 3.04.